The summed E-state index contributed by atoms with van der Waals surface area (Å²) >= 11 is 0. The van der Waals surface area contributed by atoms with Gasteiger partial charge in [0.25, 0.3) is 5.91 Å². The number of nitrogens with two attached hydrogens (primary N) is 1. The minimum absolute atomic E-state index is 0.136. The van der Waals surface area contributed by atoms with E-state index in [1.807, 2.05) is 18.3 Å². The Morgan fingerprint density at radius 1 is 0.923 bits per heavy atom. The van der Waals surface area contributed by atoms with Gasteiger partial charge in [-0.15, -0.1) is 0 Å². The van der Waals surface area contributed by atoms with Crippen LogP contribution >= 0.6 is 0 Å². The summed E-state index contributed by atoms with van der Waals surface area (Å²) < 4.78 is 0. The Morgan fingerprint density at radius 2 is 1.69 bits per heavy atom. The fourth-order valence-corrected chi connectivity index (χ4v) is 6.69. The van der Waals surface area contributed by atoms with E-state index in [4.69, 9.17) is 10.7 Å². The summed E-state index contributed by atoms with van der Waals surface area (Å²) in [7, 11) is 0. The Morgan fingerprint density at radius 3 is 2.49 bits per heavy atom. The molecular formula is C30H46N8O. The lowest BCUT2D eigenvalue weighted by atomic mass is 9.87. The maximum absolute atomic E-state index is 12.9. The zero-order valence-corrected chi connectivity index (χ0v) is 23.4. The number of rotatable bonds is 9. The van der Waals surface area contributed by atoms with Gasteiger partial charge in [-0.3, -0.25) is 14.7 Å². The van der Waals surface area contributed by atoms with Crippen molar-refractivity contribution < 1.29 is 4.79 Å². The monoisotopic (exact) mass is 534 g/mol. The van der Waals surface area contributed by atoms with Gasteiger partial charge in [-0.25, -0.2) is 4.98 Å². The highest BCUT2D eigenvalue weighted by molar-refractivity contribution is 5.92. The van der Waals surface area contributed by atoms with Gasteiger partial charge < -0.3 is 21.3 Å². The van der Waals surface area contributed by atoms with E-state index in [1.54, 1.807) is 12.3 Å². The molecule has 1 saturated carbocycles. The molecule has 1 amide bonds. The molecule has 39 heavy (non-hydrogen) atoms. The van der Waals surface area contributed by atoms with Crippen LogP contribution in [0.3, 0.4) is 0 Å². The molecule has 1 aliphatic carbocycles. The van der Waals surface area contributed by atoms with Crippen LogP contribution in [0.2, 0.25) is 0 Å². The molecule has 2 aromatic rings. The second-order valence-electron chi connectivity index (χ2n) is 11.4. The summed E-state index contributed by atoms with van der Waals surface area (Å²) in [5.74, 6) is 1.62. The van der Waals surface area contributed by atoms with Gasteiger partial charge in [0.05, 0.1) is 0 Å². The Kier molecular flexibility index (Phi) is 9.99. The van der Waals surface area contributed by atoms with Crippen molar-refractivity contribution in [3.05, 3.63) is 41.9 Å². The number of pyridine rings is 1. The molecular weight excluding hydrogens is 488 g/mol. The summed E-state index contributed by atoms with van der Waals surface area (Å²) in [6, 6.07) is 6.86. The first-order chi connectivity index (χ1) is 19.2. The average Bonchev–Trinajstić information content (AvgIpc) is 3.28. The molecule has 2 unspecified atom stereocenters. The van der Waals surface area contributed by atoms with Gasteiger partial charge >= 0.3 is 0 Å². The molecule has 0 aromatic carbocycles. The minimum atomic E-state index is -0.136. The number of likely N-dealkylation sites (tertiary alicyclic amines) is 1. The van der Waals surface area contributed by atoms with Gasteiger partial charge in [0.1, 0.15) is 11.5 Å². The van der Waals surface area contributed by atoms with Crippen LogP contribution in [-0.4, -0.2) is 70.1 Å². The van der Waals surface area contributed by atoms with Gasteiger partial charge in [0.2, 0.25) is 5.95 Å². The largest absolute Gasteiger partial charge is 0.356 e. The van der Waals surface area contributed by atoms with Crippen LogP contribution in [0.1, 0.15) is 93.1 Å². The molecule has 3 aliphatic rings. The van der Waals surface area contributed by atoms with E-state index in [-0.39, 0.29) is 11.9 Å². The van der Waals surface area contributed by atoms with Crippen LogP contribution in [-0.2, 0) is 6.54 Å². The SMILES string of the molecule is NCc1ccnc(C(=O)NCCC2C(Nc3nccc(N4CCCCCC4)n3)CCCN2C2CCCCC2)c1. The molecule has 4 heterocycles. The summed E-state index contributed by atoms with van der Waals surface area (Å²) in [6.45, 7) is 4.27. The van der Waals surface area contributed by atoms with Crippen molar-refractivity contribution in [1.82, 2.24) is 25.2 Å². The lowest BCUT2D eigenvalue weighted by Gasteiger charge is -2.47. The third-order valence-corrected chi connectivity index (χ3v) is 8.77. The molecule has 0 bridgehead atoms. The van der Waals surface area contributed by atoms with Crippen molar-refractivity contribution in [2.75, 3.05) is 36.4 Å². The molecule has 2 saturated heterocycles. The quantitative estimate of drug-likeness (QED) is 0.441. The van der Waals surface area contributed by atoms with Gasteiger partial charge in [-0.1, -0.05) is 32.1 Å². The topological polar surface area (TPSA) is 112 Å². The molecule has 0 spiro atoms. The lowest BCUT2D eigenvalue weighted by molar-refractivity contribution is 0.0591. The van der Waals surface area contributed by atoms with Crippen molar-refractivity contribution in [1.29, 1.82) is 0 Å². The maximum Gasteiger partial charge on any atom is 0.269 e. The van der Waals surface area contributed by atoms with E-state index in [1.165, 1.54) is 64.2 Å². The molecule has 2 aliphatic heterocycles. The molecule has 212 valence electrons. The van der Waals surface area contributed by atoms with Gasteiger partial charge in [0, 0.05) is 56.7 Å². The highest BCUT2D eigenvalue weighted by Gasteiger charge is 2.36. The first-order valence-corrected chi connectivity index (χ1v) is 15.2. The number of nitrogens with zero attached hydrogens (tertiary/aromatic N) is 5. The number of amides is 1. The Labute approximate surface area is 233 Å². The van der Waals surface area contributed by atoms with Crippen LogP contribution < -0.4 is 21.3 Å². The summed E-state index contributed by atoms with van der Waals surface area (Å²) in [5.41, 5.74) is 7.10. The van der Waals surface area contributed by atoms with Crippen LogP contribution in [0.15, 0.2) is 30.6 Å². The first-order valence-electron chi connectivity index (χ1n) is 15.2. The van der Waals surface area contributed by atoms with E-state index < -0.39 is 0 Å². The normalized spacial score (nSPS) is 23.3. The van der Waals surface area contributed by atoms with Crippen molar-refractivity contribution in [2.45, 2.75) is 102 Å². The first kappa shape index (κ1) is 27.8. The summed E-state index contributed by atoms with van der Waals surface area (Å²) in [6.07, 6.45) is 18.3. The van der Waals surface area contributed by atoms with E-state index in [0.717, 1.165) is 49.8 Å². The number of nitrogens with one attached hydrogen (secondary N) is 2. The molecule has 0 radical (unpaired) electrons. The average molecular weight is 535 g/mol. The smallest absolute Gasteiger partial charge is 0.269 e. The number of hydrogen-bond donors (Lipinski definition) is 3. The highest BCUT2D eigenvalue weighted by Crippen LogP contribution is 2.31. The molecule has 2 atom stereocenters. The number of anilines is 2. The predicted molar refractivity (Wildman–Crippen MR) is 156 cm³/mol. The Balaban J connectivity index is 1.27. The number of aromatic nitrogens is 3. The van der Waals surface area contributed by atoms with Crippen LogP contribution in [0.25, 0.3) is 0 Å². The molecule has 5 rings (SSSR count). The van der Waals surface area contributed by atoms with E-state index in [0.29, 0.717) is 30.9 Å². The Hall–Kier alpha value is -2.78. The van der Waals surface area contributed by atoms with E-state index in [2.05, 4.69) is 30.4 Å². The third-order valence-electron chi connectivity index (χ3n) is 8.77. The van der Waals surface area contributed by atoms with Crippen molar-refractivity contribution >= 4 is 17.7 Å². The molecule has 2 aromatic heterocycles. The number of hydrogen-bond acceptors (Lipinski definition) is 8. The highest BCUT2D eigenvalue weighted by atomic mass is 16.1. The summed E-state index contributed by atoms with van der Waals surface area (Å²) in [5, 5.41) is 6.88. The second kappa shape index (κ2) is 14.0. The number of carbonyl (C=O) groups excluding carboxylic acids is 1. The van der Waals surface area contributed by atoms with E-state index >= 15 is 0 Å². The van der Waals surface area contributed by atoms with Crippen LogP contribution in [0.5, 0.6) is 0 Å². The lowest BCUT2D eigenvalue weighted by Crippen LogP contribution is -2.56. The fraction of sp³-hybridized carbons (Fsp3) is 0.667. The molecule has 9 heteroatoms. The Bertz CT molecular complexity index is 1050. The van der Waals surface area contributed by atoms with Crippen molar-refractivity contribution in [3.63, 3.8) is 0 Å². The van der Waals surface area contributed by atoms with Crippen LogP contribution in [0.4, 0.5) is 11.8 Å². The minimum Gasteiger partial charge on any atom is -0.356 e. The van der Waals surface area contributed by atoms with E-state index in [9.17, 15) is 4.79 Å². The van der Waals surface area contributed by atoms with Gasteiger partial charge in [0.15, 0.2) is 0 Å². The standard InChI is InChI=1S/C30H46N8O/c31-22-23-12-15-32-26(21-23)29(39)33-16-13-27-25(11-8-20-38(27)24-9-4-3-5-10-24)35-30-34-17-14-28(36-30)37-18-6-1-2-7-19-37/h12,14-15,17,21,24-25,27H,1-11,13,16,18-20,22,31H2,(H,33,39)(H,34,35,36). The maximum atomic E-state index is 12.9. The molecule has 4 N–H and O–H groups in total. The van der Waals surface area contributed by atoms with Crippen LogP contribution in [0, 0.1) is 0 Å². The number of piperidine rings is 1. The number of carbonyl (C=O) groups is 1. The van der Waals surface area contributed by atoms with Crippen molar-refractivity contribution in [3.8, 4) is 0 Å². The zero-order chi connectivity index (χ0) is 26.9. The zero-order valence-electron chi connectivity index (χ0n) is 23.4. The fourth-order valence-electron chi connectivity index (χ4n) is 6.69. The third kappa shape index (κ3) is 7.45. The second-order valence-corrected chi connectivity index (χ2v) is 11.4. The predicted octanol–water partition coefficient (Wildman–Crippen LogP) is 4.11. The van der Waals surface area contributed by atoms with Gasteiger partial charge in [-0.2, -0.15) is 4.98 Å². The molecule has 9 nitrogen and oxygen atoms in total. The van der Waals surface area contributed by atoms with Gasteiger partial charge in [-0.05, 0) is 75.3 Å². The summed E-state index contributed by atoms with van der Waals surface area (Å²) in [4.78, 5) is 31.9. The molecule has 3 fully saturated rings. The van der Waals surface area contributed by atoms with Crippen molar-refractivity contribution in [2.24, 2.45) is 5.73 Å².